The van der Waals surface area contributed by atoms with Gasteiger partial charge >= 0.3 is 17.9 Å². The first-order chi connectivity index (χ1) is 31.0. The van der Waals surface area contributed by atoms with E-state index in [-0.39, 0.29) is 31.1 Å². The molecule has 0 spiro atoms. The summed E-state index contributed by atoms with van der Waals surface area (Å²) in [7, 11) is 0. The smallest absolute Gasteiger partial charge is 0.306 e. The van der Waals surface area contributed by atoms with Crippen LogP contribution in [0, 0.1) is 0 Å². The molecule has 6 heteroatoms. The van der Waals surface area contributed by atoms with Crippen molar-refractivity contribution >= 4 is 17.9 Å². The average Bonchev–Trinajstić information content (AvgIpc) is 3.28. The highest BCUT2D eigenvalue weighted by Gasteiger charge is 2.19. The van der Waals surface area contributed by atoms with Gasteiger partial charge in [-0.05, 0) is 122 Å². The van der Waals surface area contributed by atoms with Crippen molar-refractivity contribution in [2.24, 2.45) is 0 Å². The molecule has 6 nitrogen and oxygen atoms in total. The third-order valence-corrected chi connectivity index (χ3v) is 10.2. The summed E-state index contributed by atoms with van der Waals surface area (Å²) in [5, 5.41) is 0. The second kappa shape index (κ2) is 50.7. The minimum Gasteiger partial charge on any atom is -0.462 e. The van der Waals surface area contributed by atoms with E-state index in [0.29, 0.717) is 25.7 Å². The van der Waals surface area contributed by atoms with Crippen LogP contribution in [0.2, 0.25) is 0 Å². The van der Waals surface area contributed by atoms with Crippen molar-refractivity contribution in [3.8, 4) is 0 Å². The maximum Gasteiger partial charge on any atom is 0.306 e. The Bertz CT molecular complexity index is 1330. The van der Waals surface area contributed by atoms with Crippen LogP contribution in [0.3, 0.4) is 0 Å². The monoisotopic (exact) mass is 873 g/mol. The summed E-state index contributed by atoms with van der Waals surface area (Å²) in [4.78, 5) is 37.9. The molecule has 0 amide bonds. The van der Waals surface area contributed by atoms with Gasteiger partial charge in [-0.1, -0.05) is 182 Å². The van der Waals surface area contributed by atoms with E-state index in [0.717, 1.165) is 116 Å². The molecular weight excluding hydrogens is 781 g/mol. The van der Waals surface area contributed by atoms with Crippen LogP contribution in [0.25, 0.3) is 0 Å². The van der Waals surface area contributed by atoms with Crippen LogP contribution in [0.5, 0.6) is 0 Å². The number of ether oxygens (including phenoxy) is 3. The molecule has 63 heavy (non-hydrogen) atoms. The molecule has 1 atom stereocenters. The first-order valence-corrected chi connectivity index (χ1v) is 25.4. The standard InChI is InChI=1S/C57H92O6/c1-4-7-10-13-16-19-22-24-26-27-28-29-31-33-36-38-41-44-47-50-56(59)62-53-54(63-57(60)51-48-45-42-39-34-21-18-15-12-9-6-3)52-61-55(58)49-46-43-40-37-35-32-30-25-23-20-17-14-11-8-5-2/h8,11,15-20,24-26,28-30,33,35-37,54H,4-7,9-10,12-14,21-23,27,31-32,34,38-53H2,1-3H3/b11-8-,18-15-,19-16-,20-17-,26-24-,29-28-,30-25-,36-33-,37-35-/t54-/m1/s1. The van der Waals surface area contributed by atoms with Crippen LogP contribution < -0.4 is 0 Å². The van der Waals surface area contributed by atoms with Gasteiger partial charge < -0.3 is 14.2 Å². The molecule has 0 heterocycles. The highest BCUT2D eigenvalue weighted by Crippen LogP contribution is 2.12. The second-order valence-electron chi connectivity index (χ2n) is 16.3. The van der Waals surface area contributed by atoms with Crippen LogP contribution in [-0.2, 0) is 28.6 Å². The molecule has 0 N–H and O–H groups in total. The second-order valence-corrected chi connectivity index (χ2v) is 16.3. The Balaban J connectivity index is 4.50. The molecule has 0 saturated carbocycles. The third kappa shape index (κ3) is 49.0. The van der Waals surface area contributed by atoms with E-state index in [4.69, 9.17) is 14.2 Å². The zero-order valence-corrected chi connectivity index (χ0v) is 40.5. The number of carbonyl (C=O) groups is 3. The molecule has 0 fully saturated rings. The predicted octanol–water partition coefficient (Wildman–Crippen LogP) is 16.8. The maximum absolute atomic E-state index is 12.8. The number of unbranched alkanes of at least 4 members (excludes halogenated alkanes) is 15. The SMILES string of the molecule is CC/C=C\C/C=C\C/C=C\C/C=C\CCCCC(=O)OC[C@H](COC(=O)CCCCC/C=C\C/C=C\C/C=C\C/C=C\CCCCC)OC(=O)CCCCCCC/C=C\CCCC. The number of hydrogen-bond donors (Lipinski definition) is 0. The topological polar surface area (TPSA) is 78.9 Å². The quantitative estimate of drug-likeness (QED) is 0.0263. The summed E-state index contributed by atoms with van der Waals surface area (Å²) in [5.74, 6) is -1.00. The summed E-state index contributed by atoms with van der Waals surface area (Å²) < 4.78 is 16.7. The van der Waals surface area contributed by atoms with Gasteiger partial charge in [0.25, 0.3) is 0 Å². The molecule has 0 saturated heterocycles. The number of rotatable bonds is 44. The summed E-state index contributed by atoms with van der Waals surface area (Å²) in [6, 6.07) is 0. The van der Waals surface area contributed by atoms with Gasteiger partial charge in [0.15, 0.2) is 6.10 Å². The Hall–Kier alpha value is -3.93. The molecule has 0 aromatic carbocycles. The van der Waals surface area contributed by atoms with Gasteiger partial charge in [-0.2, -0.15) is 0 Å². The number of carbonyl (C=O) groups excluding carboxylic acids is 3. The Morgan fingerprint density at radius 2 is 0.635 bits per heavy atom. The van der Waals surface area contributed by atoms with Gasteiger partial charge in [0.05, 0.1) is 0 Å². The largest absolute Gasteiger partial charge is 0.462 e. The van der Waals surface area contributed by atoms with Crippen molar-refractivity contribution < 1.29 is 28.6 Å². The first-order valence-electron chi connectivity index (χ1n) is 25.4. The molecule has 0 bridgehead atoms. The van der Waals surface area contributed by atoms with Crippen LogP contribution in [-0.4, -0.2) is 37.2 Å². The van der Waals surface area contributed by atoms with E-state index in [2.05, 4.69) is 130 Å². The van der Waals surface area contributed by atoms with Gasteiger partial charge in [-0.3, -0.25) is 14.4 Å². The lowest BCUT2D eigenvalue weighted by Crippen LogP contribution is -2.30. The van der Waals surface area contributed by atoms with E-state index in [1.165, 1.54) is 51.4 Å². The molecule has 0 radical (unpaired) electrons. The van der Waals surface area contributed by atoms with Crippen LogP contribution >= 0.6 is 0 Å². The van der Waals surface area contributed by atoms with Crippen molar-refractivity contribution in [2.45, 2.75) is 219 Å². The Kier molecular flexibility index (Phi) is 47.5. The molecule has 356 valence electrons. The molecule has 0 aromatic rings. The van der Waals surface area contributed by atoms with E-state index < -0.39 is 6.10 Å². The minimum absolute atomic E-state index is 0.113. The fourth-order valence-corrected chi connectivity index (χ4v) is 6.39. The van der Waals surface area contributed by atoms with Crippen molar-refractivity contribution in [1.82, 2.24) is 0 Å². The Labute approximate surface area is 387 Å². The van der Waals surface area contributed by atoms with Crippen LogP contribution in [0.15, 0.2) is 109 Å². The zero-order valence-electron chi connectivity index (χ0n) is 40.5. The average molecular weight is 873 g/mol. The van der Waals surface area contributed by atoms with Crippen molar-refractivity contribution in [2.75, 3.05) is 13.2 Å². The highest BCUT2D eigenvalue weighted by molar-refractivity contribution is 5.71. The summed E-state index contributed by atoms with van der Waals surface area (Å²) in [6.07, 6.45) is 67.9. The molecule has 0 unspecified atom stereocenters. The van der Waals surface area contributed by atoms with E-state index >= 15 is 0 Å². The Morgan fingerprint density at radius 1 is 0.333 bits per heavy atom. The Morgan fingerprint density at radius 3 is 1.08 bits per heavy atom. The number of esters is 3. The highest BCUT2D eigenvalue weighted by atomic mass is 16.6. The maximum atomic E-state index is 12.8. The van der Waals surface area contributed by atoms with Gasteiger partial charge in [0.1, 0.15) is 13.2 Å². The fourth-order valence-electron chi connectivity index (χ4n) is 6.39. The predicted molar refractivity (Wildman–Crippen MR) is 270 cm³/mol. The van der Waals surface area contributed by atoms with Gasteiger partial charge in [-0.15, -0.1) is 0 Å². The fraction of sp³-hybridized carbons (Fsp3) is 0.632. The third-order valence-electron chi connectivity index (χ3n) is 10.2. The molecular formula is C57H92O6. The van der Waals surface area contributed by atoms with Crippen LogP contribution in [0.1, 0.15) is 213 Å². The summed E-state index contributed by atoms with van der Waals surface area (Å²) in [5.41, 5.74) is 0. The molecule has 0 aliphatic carbocycles. The lowest BCUT2D eigenvalue weighted by Gasteiger charge is -2.18. The summed E-state index contributed by atoms with van der Waals surface area (Å²) >= 11 is 0. The van der Waals surface area contributed by atoms with E-state index in [9.17, 15) is 14.4 Å². The zero-order chi connectivity index (χ0) is 45.8. The number of allylic oxidation sites excluding steroid dienone is 18. The van der Waals surface area contributed by atoms with Gasteiger partial charge in [-0.25, -0.2) is 0 Å². The van der Waals surface area contributed by atoms with Crippen molar-refractivity contribution in [1.29, 1.82) is 0 Å². The lowest BCUT2D eigenvalue weighted by atomic mass is 10.1. The van der Waals surface area contributed by atoms with Gasteiger partial charge in [0.2, 0.25) is 0 Å². The minimum atomic E-state index is -0.813. The van der Waals surface area contributed by atoms with Gasteiger partial charge in [0, 0.05) is 19.3 Å². The molecule has 0 aliphatic rings. The van der Waals surface area contributed by atoms with E-state index in [1.54, 1.807) is 0 Å². The first kappa shape index (κ1) is 59.1. The normalized spacial score (nSPS) is 13.0. The molecule has 0 aliphatic heterocycles. The van der Waals surface area contributed by atoms with E-state index in [1.807, 2.05) is 0 Å². The molecule has 0 rings (SSSR count). The number of hydrogen-bond acceptors (Lipinski definition) is 6. The van der Waals surface area contributed by atoms with Crippen LogP contribution in [0.4, 0.5) is 0 Å². The summed E-state index contributed by atoms with van der Waals surface area (Å²) in [6.45, 7) is 6.36. The van der Waals surface area contributed by atoms with Crippen molar-refractivity contribution in [3.63, 3.8) is 0 Å². The lowest BCUT2D eigenvalue weighted by molar-refractivity contribution is -0.167. The molecule has 0 aromatic heterocycles. The van der Waals surface area contributed by atoms with Crippen molar-refractivity contribution in [3.05, 3.63) is 109 Å².